The second-order valence-corrected chi connectivity index (χ2v) is 6.17. The van der Waals surface area contributed by atoms with Crippen LogP contribution < -0.4 is 9.80 Å². The molecular formula is C15H24N4O2. The summed E-state index contributed by atoms with van der Waals surface area (Å²) in [4.78, 5) is 13.5. The van der Waals surface area contributed by atoms with E-state index in [-0.39, 0.29) is 6.10 Å². The minimum absolute atomic E-state index is 0.265. The molecule has 0 bridgehead atoms. The molecule has 2 atom stereocenters. The number of hydrogen-bond acceptors (Lipinski definition) is 6. The molecule has 2 aliphatic rings. The van der Waals surface area contributed by atoms with E-state index < -0.39 is 0 Å². The molecule has 1 N–H and O–H groups in total. The van der Waals surface area contributed by atoms with Crippen LogP contribution in [0.25, 0.3) is 0 Å². The monoisotopic (exact) mass is 292 g/mol. The summed E-state index contributed by atoms with van der Waals surface area (Å²) in [7, 11) is 0. The summed E-state index contributed by atoms with van der Waals surface area (Å²) in [6.45, 7) is 8.16. The maximum Gasteiger partial charge on any atom is 0.227 e. The van der Waals surface area contributed by atoms with Gasteiger partial charge < -0.3 is 19.6 Å². The molecular weight excluding hydrogens is 268 g/mol. The number of nitrogens with zero attached hydrogens (tertiary/aromatic N) is 4. The summed E-state index contributed by atoms with van der Waals surface area (Å²) in [5, 5.41) is 9.99. The van der Waals surface area contributed by atoms with E-state index in [4.69, 9.17) is 9.72 Å². The van der Waals surface area contributed by atoms with Crippen LogP contribution in [-0.2, 0) is 4.74 Å². The zero-order valence-electron chi connectivity index (χ0n) is 12.8. The van der Waals surface area contributed by atoms with Crippen molar-refractivity contribution >= 4 is 11.8 Å². The topological polar surface area (TPSA) is 61.7 Å². The number of hydrogen-bond donors (Lipinski definition) is 1. The van der Waals surface area contributed by atoms with Gasteiger partial charge in [-0.1, -0.05) is 13.8 Å². The van der Waals surface area contributed by atoms with Crippen LogP contribution >= 0.6 is 0 Å². The van der Waals surface area contributed by atoms with Gasteiger partial charge in [-0.15, -0.1) is 0 Å². The molecule has 0 spiro atoms. The van der Waals surface area contributed by atoms with Gasteiger partial charge in [-0.2, -0.15) is 4.98 Å². The molecule has 3 rings (SSSR count). The zero-order valence-corrected chi connectivity index (χ0v) is 12.8. The van der Waals surface area contributed by atoms with Gasteiger partial charge in [0.05, 0.1) is 19.3 Å². The van der Waals surface area contributed by atoms with Crippen molar-refractivity contribution in [2.75, 3.05) is 42.6 Å². The highest BCUT2D eigenvalue weighted by atomic mass is 16.5. The van der Waals surface area contributed by atoms with E-state index in [9.17, 15) is 5.11 Å². The van der Waals surface area contributed by atoms with Crippen molar-refractivity contribution in [1.82, 2.24) is 9.97 Å². The second kappa shape index (κ2) is 6.15. The molecule has 0 radical (unpaired) electrons. The smallest absolute Gasteiger partial charge is 0.227 e. The van der Waals surface area contributed by atoms with Crippen LogP contribution in [0.4, 0.5) is 11.8 Å². The Morgan fingerprint density at radius 2 is 2.10 bits per heavy atom. The fourth-order valence-corrected chi connectivity index (χ4v) is 3.15. The standard InChI is InChI=1S/C15H24N4O2/c1-11(2)13-9-12(20)10-19(13)14-3-4-16-15(17-14)18-5-7-21-8-6-18/h3-4,11-13,20H,5-10H2,1-2H3/t12-,13?/m1/s1. The molecule has 116 valence electrons. The van der Waals surface area contributed by atoms with Crippen molar-refractivity contribution in [2.24, 2.45) is 5.92 Å². The third-order valence-electron chi connectivity index (χ3n) is 4.31. The molecule has 6 nitrogen and oxygen atoms in total. The van der Waals surface area contributed by atoms with Gasteiger partial charge in [0.2, 0.25) is 5.95 Å². The predicted octanol–water partition coefficient (Wildman–Crippen LogP) is 0.909. The van der Waals surface area contributed by atoms with Crippen LogP contribution in [0.2, 0.25) is 0 Å². The summed E-state index contributed by atoms with van der Waals surface area (Å²) in [5.41, 5.74) is 0. The molecule has 2 fully saturated rings. The Balaban J connectivity index is 1.81. The first-order valence-electron chi connectivity index (χ1n) is 7.75. The van der Waals surface area contributed by atoms with Gasteiger partial charge in [-0.3, -0.25) is 0 Å². The zero-order chi connectivity index (χ0) is 14.8. The van der Waals surface area contributed by atoms with Crippen LogP contribution in [-0.4, -0.2) is 60.1 Å². The van der Waals surface area contributed by atoms with Crippen LogP contribution in [0.15, 0.2) is 12.3 Å². The normalized spacial score (nSPS) is 26.7. The maximum atomic E-state index is 9.99. The Morgan fingerprint density at radius 3 is 2.81 bits per heavy atom. The van der Waals surface area contributed by atoms with Crippen molar-refractivity contribution in [3.05, 3.63) is 12.3 Å². The van der Waals surface area contributed by atoms with Crippen LogP contribution in [0.3, 0.4) is 0 Å². The fourth-order valence-electron chi connectivity index (χ4n) is 3.15. The molecule has 1 aromatic heterocycles. The van der Waals surface area contributed by atoms with E-state index in [1.54, 1.807) is 0 Å². The van der Waals surface area contributed by atoms with E-state index in [0.717, 1.165) is 44.5 Å². The Kier molecular flexibility index (Phi) is 4.26. The van der Waals surface area contributed by atoms with Crippen LogP contribution in [0.5, 0.6) is 0 Å². The van der Waals surface area contributed by atoms with Gasteiger partial charge in [0.25, 0.3) is 0 Å². The van der Waals surface area contributed by atoms with Crippen molar-refractivity contribution in [3.63, 3.8) is 0 Å². The second-order valence-electron chi connectivity index (χ2n) is 6.17. The van der Waals surface area contributed by atoms with E-state index in [1.807, 2.05) is 12.3 Å². The number of morpholine rings is 1. The van der Waals surface area contributed by atoms with Crippen molar-refractivity contribution in [1.29, 1.82) is 0 Å². The molecule has 6 heteroatoms. The van der Waals surface area contributed by atoms with E-state index in [2.05, 4.69) is 28.6 Å². The van der Waals surface area contributed by atoms with Gasteiger partial charge >= 0.3 is 0 Å². The van der Waals surface area contributed by atoms with Gasteiger partial charge in [0.1, 0.15) is 5.82 Å². The first-order chi connectivity index (χ1) is 10.1. The molecule has 0 amide bonds. The first-order valence-corrected chi connectivity index (χ1v) is 7.75. The molecule has 2 saturated heterocycles. The Morgan fingerprint density at radius 1 is 1.33 bits per heavy atom. The fraction of sp³-hybridized carbons (Fsp3) is 0.733. The molecule has 1 unspecified atom stereocenters. The van der Waals surface area contributed by atoms with Crippen LogP contribution in [0, 0.1) is 5.92 Å². The lowest BCUT2D eigenvalue weighted by Crippen LogP contribution is -2.38. The number of anilines is 2. The predicted molar refractivity (Wildman–Crippen MR) is 81.7 cm³/mol. The van der Waals surface area contributed by atoms with Gasteiger partial charge in [0.15, 0.2) is 0 Å². The maximum absolute atomic E-state index is 9.99. The molecule has 0 saturated carbocycles. The summed E-state index contributed by atoms with van der Waals surface area (Å²) >= 11 is 0. The number of ether oxygens (including phenoxy) is 1. The minimum Gasteiger partial charge on any atom is -0.391 e. The lowest BCUT2D eigenvalue weighted by molar-refractivity contribution is 0.122. The average molecular weight is 292 g/mol. The highest BCUT2D eigenvalue weighted by molar-refractivity contribution is 5.46. The SMILES string of the molecule is CC(C)C1C[C@@H](O)CN1c1ccnc(N2CCOCC2)n1. The van der Waals surface area contributed by atoms with E-state index in [1.165, 1.54) is 0 Å². The average Bonchev–Trinajstić information content (AvgIpc) is 2.91. The van der Waals surface area contributed by atoms with Gasteiger partial charge in [0, 0.05) is 31.9 Å². The van der Waals surface area contributed by atoms with E-state index in [0.29, 0.717) is 18.5 Å². The first kappa shape index (κ1) is 14.5. The number of aliphatic hydroxyl groups excluding tert-OH is 1. The van der Waals surface area contributed by atoms with Crippen molar-refractivity contribution in [3.8, 4) is 0 Å². The largest absolute Gasteiger partial charge is 0.391 e. The summed E-state index contributed by atoms with van der Waals surface area (Å²) in [6.07, 6.45) is 2.36. The van der Waals surface area contributed by atoms with Crippen LogP contribution in [0.1, 0.15) is 20.3 Å². The summed E-state index contributed by atoms with van der Waals surface area (Å²) in [5.74, 6) is 2.17. The Bertz CT molecular complexity index is 476. The molecule has 3 heterocycles. The number of aliphatic hydroxyl groups is 1. The summed E-state index contributed by atoms with van der Waals surface area (Å²) < 4.78 is 5.37. The quantitative estimate of drug-likeness (QED) is 0.893. The van der Waals surface area contributed by atoms with Gasteiger partial charge in [-0.05, 0) is 18.4 Å². The lowest BCUT2D eigenvalue weighted by Gasteiger charge is -2.30. The molecule has 21 heavy (non-hydrogen) atoms. The Hall–Kier alpha value is -1.40. The highest BCUT2D eigenvalue weighted by Crippen LogP contribution is 2.29. The molecule has 0 aliphatic carbocycles. The number of rotatable bonds is 3. The highest BCUT2D eigenvalue weighted by Gasteiger charge is 2.34. The van der Waals surface area contributed by atoms with E-state index >= 15 is 0 Å². The third-order valence-corrected chi connectivity index (χ3v) is 4.31. The lowest BCUT2D eigenvalue weighted by atomic mass is 10.0. The van der Waals surface area contributed by atoms with Crippen molar-refractivity contribution < 1.29 is 9.84 Å². The van der Waals surface area contributed by atoms with Gasteiger partial charge in [-0.25, -0.2) is 4.98 Å². The molecule has 1 aromatic rings. The third kappa shape index (κ3) is 3.11. The number of β-amino-alcohol motifs (C(OH)–C–C–N with tert-alkyl or cyclic N) is 1. The molecule has 0 aromatic carbocycles. The summed E-state index contributed by atoms with van der Waals surface area (Å²) in [6, 6.07) is 2.28. The van der Waals surface area contributed by atoms with Crippen molar-refractivity contribution in [2.45, 2.75) is 32.4 Å². The minimum atomic E-state index is -0.265. The Labute approximate surface area is 125 Å². The number of aromatic nitrogens is 2. The molecule has 2 aliphatic heterocycles.